The number of nitrogens with two attached hydrogens (primary N) is 1. The van der Waals surface area contributed by atoms with E-state index in [1.165, 1.54) is 0 Å². The van der Waals surface area contributed by atoms with E-state index in [2.05, 4.69) is 27.1 Å². The highest BCUT2D eigenvalue weighted by Crippen LogP contribution is 2.31. The van der Waals surface area contributed by atoms with Crippen molar-refractivity contribution < 1.29 is 0 Å². The van der Waals surface area contributed by atoms with Crippen LogP contribution in [0.25, 0.3) is 32.4 Å². The predicted molar refractivity (Wildman–Crippen MR) is 85.0 cm³/mol. The quantitative estimate of drug-likeness (QED) is 0.617. The third-order valence-corrected chi connectivity index (χ3v) is 4.62. The molecule has 1 aromatic carbocycles. The van der Waals surface area contributed by atoms with Crippen molar-refractivity contribution in [3.05, 3.63) is 41.9 Å². The maximum atomic E-state index is 5.64. The zero-order valence-electron chi connectivity index (χ0n) is 11.4. The third-order valence-electron chi connectivity index (χ3n) is 3.56. The summed E-state index contributed by atoms with van der Waals surface area (Å²) in [6, 6.07) is 6.27. The Kier molecular flexibility index (Phi) is 2.73. The summed E-state index contributed by atoms with van der Waals surface area (Å²) in [7, 11) is 2.00. The minimum Gasteiger partial charge on any atom is -0.333 e. The van der Waals surface area contributed by atoms with E-state index >= 15 is 0 Å². The summed E-state index contributed by atoms with van der Waals surface area (Å²) in [4.78, 5) is 14.3. The fourth-order valence-corrected chi connectivity index (χ4v) is 3.32. The van der Waals surface area contributed by atoms with Gasteiger partial charge in [-0.25, -0.2) is 9.97 Å². The SMILES string of the molecule is Cn1cnc2cnc3ccc(-c4cnc(CN)s4)cc3c21. The Bertz CT molecular complexity index is 953. The van der Waals surface area contributed by atoms with Crippen LogP contribution in [0.3, 0.4) is 0 Å². The highest BCUT2D eigenvalue weighted by atomic mass is 32.1. The van der Waals surface area contributed by atoms with Gasteiger partial charge in [0.2, 0.25) is 0 Å². The lowest BCUT2D eigenvalue weighted by Crippen LogP contribution is -1.93. The molecule has 0 radical (unpaired) electrons. The molecule has 2 N–H and O–H groups in total. The third kappa shape index (κ3) is 1.91. The molecule has 0 saturated carbocycles. The molecule has 0 saturated heterocycles. The van der Waals surface area contributed by atoms with Gasteiger partial charge in [0.05, 0.1) is 28.4 Å². The van der Waals surface area contributed by atoms with Gasteiger partial charge in [0.25, 0.3) is 0 Å². The van der Waals surface area contributed by atoms with Crippen molar-refractivity contribution in [1.82, 2.24) is 19.5 Å². The molecule has 3 heterocycles. The fourth-order valence-electron chi connectivity index (χ4n) is 2.53. The van der Waals surface area contributed by atoms with Gasteiger partial charge in [-0.05, 0) is 17.7 Å². The fraction of sp³-hybridized carbons (Fsp3) is 0.133. The molecule has 4 rings (SSSR count). The largest absolute Gasteiger partial charge is 0.333 e. The molecule has 0 atom stereocenters. The molecule has 21 heavy (non-hydrogen) atoms. The van der Waals surface area contributed by atoms with Crippen molar-refractivity contribution >= 4 is 33.3 Å². The summed E-state index contributed by atoms with van der Waals surface area (Å²) >= 11 is 1.63. The van der Waals surface area contributed by atoms with Gasteiger partial charge >= 0.3 is 0 Å². The van der Waals surface area contributed by atoms with Crippen molar-refractivity contribution in [3.63, 3.8) is 0 Å². The van der Waals surface area contributed by atoms with E-state index in [1.54, 1.807) is 11.3 Å². The second-order valence-electron chi connectivity index (χ2n) is 4.90. The Morgan fingerprint density at radius 3 is 2.86 bits per heavy atom. The number of aryl methyl sites for hydroxylation is 1. The number of hydrogen-bond donors (Lipinski definition) is 1. The van der Waals surface area contributed by atoms with E-state index in [-0.39, 0.29) is 0 Å². The molecule has 0 bridgehead atoms. The molecule has 0 unspecified atom stereocenters. The van der Waals surface area contributed by atoms with Crippen LogP contribution < -0.4 is 5.73 Å². The molecule has 0 aliphatic carbocycles. The van der Waals surface area contributed by atoms with Crippen molar-refractivity contribution in [1.29, 1.82) is 0 Å². The summed E-state index contributed by atoms with van der Waals surface area (Å²) in [6.45, 7) is 0.478. The minimum atomic E-state index is 0.478. The Labute approximate surface area is 125 Å². The number of nitrogens with zero attached hydrogens (tertiary/aromatic N) is 4. The van der Waals surface area contributed by atoms with Gasteiger partial charge in [-0.2, -0.15) is 0 Å². The highest BCUT2D eigenvalue weighted by molar-refractivity contribution is 7.15. The van der Waals surface area contributed by atoms with Crippen LogP contribution >= 0.6 is 11.3 Å². The minimum absolute atomic E-state index is 0.478. The number of imidazole rings is 1. The van der Waals surface area contributed by atoms with E-state index in [0.717, 1.165) is 37.4 Å². The van der Waals surface area contributed by atoms with Gasteiger partial charge in [0.15, 0.2) is 0 Å². The normalized spacial score (nSPS) is 11.5. The smallest absolute Gasteiger partial charge is 0.107 e. The average Bonchev–Trinajstić information content (AvgIpc) is 3.14. The first-order chi connectivity index (χ1) is 10.3. The number of pyridine rings is 1. The molecule has 5 nitrogen and oxygen atoms in total. The van der Waals surface area contributed by atoms with Crippen molar-refractivity contribution in [3.8, 4) is 10.4 Å². The molecule has 6 heteroatoms. The standard InChI is InChI=1S/C15H13N5S/c1-20-8-19-12-6-17-11-3-2-9(4-10(11)15(12)20)13-7-18-14(5-16)21-13/h2-4,6-8H,5,16H2,1H3. The summed E-state index contributed by atoms with van der Waals surface area (Å²) < 4.78 is 2.03. The summed E-state index contributed by atoms with van der Waals surface area (Å²) in [5.74, 6) is 0. The molecule has 0 amide bonds. The first-order valence-electron chi connectivity index (χ1n) is 6.61. The number of aromatic nitrogens is 4. The van der Waals surface area contributed by atoms with Gasteiger partial charge in [-0.15, -0.1) is 11.3 Å². The molecule has 104 valence electrons. The molecule has 0 aliphatic heterocycles. The van der Waals surface area contributed by atoms with E-state index in [0.29, 0.717) is 6.54 Å². The maximum absolute atomic E-state index is 5.64. The first kappa shape index (κ1) is 12.4. The molecule has 0 fully saturated rings. The van der Waals surface area contributed by atoms with Gasteiger partial charge in [0, 0.05) is 25.2 Å². The van der Waals surface area contributed by atoms with Crippen LogP contribution in [0.4, 0.5) is 0 Å². The monoisotopic (exact) mass is 295 g/mol. The zero-order valence-corrected chi connectivity index (χ0v) is 12.3. The number of thiazole rings is 1. The molecule has 0 spiro atoms. The molecular weight excluding hydrogens is 282 g/mol. The number of hydrogen-bond acceptors (Lipinski definition) is 5. The van der Waals surface area contributed by atoms with Crippen LogP contribution in [0.5, 0.6) is 0 Å². The summed E-state index contributed by atoms with van der Waals surface area (Å²) in [5, 5.41) is 2.05. The van der Waals surface area contributed by atoms with Crippen LogP contribution in [0.1, 0.15) is 5.01 Å². The van der Waals surface area contributed by atoms with Crippen LogP contribution in [-0.2, 0) is 13.6 Å². The average molecular weight is 295 g/mol. The van der Waals surface area contributed by atoms with Gasteiger partial charge in [-0.1, -0.05) is 6.07 Å². The van der Waals surface area contributed by atoms with E-state index in [1.807, 2.05) is 36.4 Å². The van der Waals surface area contributed by atoms with Gasteiger partial charge in [0.1, 0.15) is 10.5 Å². The second-order valence-corrected chi connectivity index (χ2v) is 6.02. The topological polar surface area (TPSA) is 69.6 Å². The van der Waals surface area contributed by atoms with Gasteiger partial charge < -0.3 is 10.3 Å². The maximum Gasteiger partial charge on any atom is 0.107 e. The summed E-state index contributed by atoms with van der Waals surface area (Å²) in [5.41, 5.74) is 9.76. The zero-order chi connectivity index (χ0) is 14.4. The molecule has 0 aliphatic rings. The van der Waals surface area contributed by atoms with Crippen LogP contribution in [0, 0.1) is 0 Å². The number of rotatable bonds is 2. The Balaban J connectivity index is 1.99. The molecular formula is C15H13N5S. The van der Waals surface area contributed by atoms with Crippen LogP contribution in [0.15, 0.2) is 36.9 Å². The second kappa shape index (κ2) is 4.61. The Morgan fingerprint density at radius 2 is 2.05 bits per heavy atom. The van der Waals surface area contributed by atoms with Crippen molar-refractivity contribution in [2.75, 3.05) is 0 Å². The predicted octanol–water partition coefficient (Wildman–Crippen LogP) is 2.70. The van der Waals surface area contributed by atoms with Crippen molar-refractivity contribution in [2.24, 2.45) is 12.8 Å². The van der Waals surface area contributed by atoms with Crippen molar-refractivity contribution in [2.45, 2.75) is 6.54 Å². The Hall–Kier alpha value is -2.31. The lowest BCUT2D eigenvalue weighted by Gasteiger charge is -2.04. The molecule has 4 aromatic rings. The van der Waals surface area contributed by atoms with Gasteiger partial charge in [-0.3, -0.25) is 4.98 Å². The van der Waals surface area contributed by atoms with E-state index < -0.39 is 0 Å². The lowest BCUT2D eigenvalue weighted by molar-refractivity contribution is 0.951. The first-order valence-corrected chi connectivity index (χ1v) is 7.43. The van der Waals surface area contributed by atoms with E-state index in [9.17, 15) is 0 Å². The lowest BCUT2D eigenvalue weighted by atomic mass is 10.1. The number of fused-ring (bicyclic) bond motifs is 3. The number of benzene rings is 1. The van der Waals surface area contributed by atoms with Crippen LogP contribution in [-0.4, -0.2) is 19.5 Å². The highest BCUT2D eigenvalue weighted by Gasteiger charge is 2.09. The van der Waals surface area contributed by atoms with E-state index in [4.69, 9.17) is 5.73 Å². The summed E-state index contributed by atoms with van der Waals surface area (Å²) in [6.07, 6.45) is 5.51. The Morgan fingerprint density at radius 1 is 1.14 bits per heavy atom. The molecule has 3 aromatic heterocycles. The van der Waals surface area contributed by atoms with Crippen LogP contribution in [0.2, 0.25) is 0 Å².